The molecule has 1 atom stereocenters. The smallest absolute Gasteiger partial charge is 0.511 e. The molecule has 0 saturated carbocycles. The monoisotopic (exact) mass is 307 g/mol. The highest BCUT2D eigenvalue weighted by molar-refractivity contribution is 5.66. The van der Waals surface area contributed by atoms with Crippen LogP contribution in [0.1, 0.15) is 34.1 Å². The number of hydrogen-bond donors (Lipinski definition) is 1. The van der Waals surface area contributed by atoms with Crippen LogP contribution in [0, 0.1) is 5.21 Å². The Morgan fingerprint density at radius 1 is 1.43 bits per heavy atom. The summed E-state index contributed by atoms with van der Waals surface area (Å²) in [6.45, 7) is 6.30. The van der Waals surface area contributed by atoms with Crippen LogP contribution in [0.25, 0.3) is 0 Å². The van der Waals surface area contributed by atoms with Crippen LogP contribution in [-0.4, -0.2) is 52.7 Å². The summed E-state index contributed by atoms with van der Waals surface area (Å²) < 4.78 is 9.58. The van der Waals surface area contributed by atoms with Crippen molar-refractivity contribution in [3.05, 3.63) is 5.21 Å². The Labute approximate surface area is 122 Å². The fourth-order valence-corrected chi connectivity index (χ4v) is 0.943. The molecule has 1 unspecified atom stereocenters. The number of hydrogen-bond acceptors (Lipinski definition) is 7. The van der Waals surface area contributed by atoms with Gasteiger partial charge in [-0.3, -0.25) is 9.63 Å². The molecule has 10 heteroatoms. The molecule has 122 valence electrons. The molecular formula is C11H21N3O7. The van der Waals surface area contributed by atoms with E-state index < -0.39 is 24.0 Å². The number of carbonyl (C=O) groups excluding carboxylic acids is 1. The Morgan fingerprint density at radius 3 is 2.48 bits per heavy atom. The summed E-state index contributed by atoms with van der Waals surface area (Å²) in [6, 6.07) is 0. The molecule has 0 aromatic rings. The number of carboxylic acid groups (broad SMARTS) is 1. The molecule has 0 aromatic carbocycles. The van der Waals surface area contributed by atoms with Crippen LogP contribution < -0.4 is 0 Å². The van der Waals surface area contributed by atoms with Crippen LogP contribution in [0.5, 0.6) is 0 Å². The van der Waals surface area contributed by atoms with E-state index >= 15 is 0 Å². The highest BCUT2D eigenvalue weighted by atomic mass is 16.8. The maximum Gasteiger partial charge on any atom is 0.511 e. The maximum atomic E-state index is 11.4. The van der Waals surface area contributed by atoms with Crippen molar-refractivity contribution in [2.24, 2.45) is 5.28 Å². The average molecular weight is 307 g/mol. The second kappa shape index (κ2) is 8.12. The van der Waals surface area contributed by atoms with Crippen LogP contribution in [0.15, 0.2) is 5.28 Å². The zero-order chi connectivity index (χ0) is 16.6. The molecule has 0 rings (SSSR count). The van der Waals surface area contributed by atoms with Crippen LogP contribution in [0.2, 0.25) is 0 Å². The molecule has 0 aliphatic carbocycles. The molecule has 10 nitrogen and oxygen atoms in total. The molecule has 0 aliphatic rings. The molecule has 0 aliphatic heterocycles. The summed E-state index contributed by atoms with van der Waals surface area (Å²) in [7, 11) is 1.34. The number of ether oxygens (including phenoxy) is 2. The first-order chi connectivity index (χ1) is 9.51. The second-order valence-corrected chi connectivity index (χ2v) is 5.11. The van der Waals surface area contributed by atoms with Gasteiger partial charge in [0.2, 0.25) is 5.28 Å². The molecule has 0 saturated heterocycles. The zero-order valence-electron chi connectivity index (χ0n) is 12.7. The quantitative estimate of drug-likeness (QED) is 0.247. The number of hydrazine groups is 1. The molecule has 0 bridgehead atoms. The predicted octanol–water partition coefficient (Wildman–Crippen LogP) is 1.50. The van der Waals surface area contributed by atoms with Crippen molar-refractivity contribution in [1.29, 1.82) is 0 Å². The van der Waals surface area contributed by atoms with E-state index in [2.05, 4.69) is 10.1 Å². The third-order valence-corrected chi connectivity index (χ3v) is 1.86. The summed E-state index contributed by atoms with van der Waals surface area (Å²) in [5.74, 6) is -1.04. The van der Waals surface area contributed by atoms with E-state index in [1.54, 1.807) is 20.8 Å². The minimum absolute atomic E-state index is 0.0486. The van der Waals surface area contributed by atoms with Crippen molar-refractivity contribution >= 4 is 12.1 Å². The Hall–Kier alpha value is -2.26. The van der Waals surface area contributed by atoms with E-state index in [-0.39, 0.29) is 17.9 Å². The summed E-state index contributed by atoms with van der Waals surface area (Å²) in [5.41, 5.74) is -0.713. The Balaban J connectivity index is 4.20. The van der Waals surface area contributed by atoms with Crippen LogP contribution in [0.3, 0.4) is 0 Å². The SMILES string of the molecule is CC(ON=[N+]([O-])N(C)CCC(=O)O)OC(=O)OC(C)(C)C. The Morgan fingerprint density at radius 2 is 2.00 bits per heavy atom. The molecule has 0 fully saturated rings. The van der Waals surface area contributed by atoms with Gasteiger partial charge in [0.25, 0.3) is 6.29 Å². The van der Waals surface area contributed by atoms with Gasteiger partial charge >= 0.3 is 12.1 Å². The van der Waals surface area contributed by atoms with Crippen molar-refractivity contribution in [2.75, 3.05) is 13.6 Å². The van der Waals surface area contributed by atoms with Crippen LogP contribution >= 0.6 is 0 Å². The highest BCUT2D eigenvalue weighted by Gasteiger charge is 2.20. The van der Waals surface area contributed by atoms with Crippen molar-refractivity contribution in [3.8, 4) is 0 Å². The number of nitrogens with zero attached hydrogens (tertiary/aromatic N) is 3. The number of rotatable bonds is 7. The molecule has 0 radical (unpaired) electrons. The van der Waals surface area contributed by atoms with Gasteiger partial charge in [0.15, 0.2) is 0 Å². The zero-order valence-corrected chi connectivity index (χ0v) is 12.7. The molecule has 0 aromatic heterocycles. The van der Waals surface area contributed by atoms with Crippen molar-refractivity contribution in [2.45, 2.75) is 46.0 Å². The van der Waals surface area contributed by atoms with E-state index in [9.17, 15) is 14.8 Å². The lowest BCUT2D eigenvalue weighted by Crippen LogP contribution is -2.30. The molecule has 0 heterocycles. The van der Waals surface area contributed by atoms with Crippen LogP contribution in [0.4, 0.5) is 4.79 Å². The minimum Gasteiger partial charge on any atom is -0.569 e. The van der Waals surface area contributed by atoms with Gasteiger partial charge in [-0.1, -0.05) is 0 Å². The summed E-state index contributed by atoms with van der Waals surface area (Å²) in [4.78, 5) is 26.3. The number of carbonyl (C=O) groups is 2. The van der Waals surface area contributed by atoms with E-state index in [4.69, 9.17) is 14.6 Å². The summed E-state index contributed by atoms with van der Waals surface area (Å²) >= 11 is 0. The van der Waals surface area contributed by atoms with E-state index in [1.165, 1.54) is 14.0 Å². The first-order valence-electron chi connectivity index (χ1n) is 6.18. The van der Waals surface area contributed by atoms with Gasteiger partial charge < -0.3 is 19.8 Å². The van der Waals surface area contributed by atoms with Gasteiger partial charge in [-0.2, -0.15) is 0 Å². The van der Waals surface area contributed by atoms with Crippen molar-refractivity contribution in [3.63, 3.8) is 0 Å². The maximum absolute atomic E-state index is 11.4. The summed E-state index contributed by atoms with van der Waals surface area (Å²) in [6.07, 6.45) is -2.32. The largest absolute Gasteiger partial charge is 0.569 e. The lowest BCUT2D eigenvalue weighted by Gasteiger charge is -2.19. The van der Waals surface area contributed by atoms with Crippen molar-refractivity contribution < 1.29 is 34.0 Å². The lowest BCUT2D eigenvalue weighted by molar-refractivity contribution is -0.707. The molecular weight excluding hydrogens is 286 g/mol. The first-order valence-corrected chi connectivity index (χ1v) is 6.18. The van der Waals surface area contributed by atoms with Gasteiger partial charge in [0.1, 0.15) is 5.60 Å². The van der Waals surface area contributed by atoms with Crippen molar-refractivity contribution in [1.82, 2.24) is 5.01 Å². The van der Waals surface area contributed by atoms with Crippen LogP contribution in [-0.2, 0) is 19.1 Å². The predicted molar refractivity (Wildman–Crippen MR) is 68.8 cm³/mol. The number of aliphatic carboxylic acids is 1. The van der Waals surface area contributed by atoms with E-state index in [0.717, 1.165) is 5.01 Å². The summed E-state index contributed by atoms with van der Waals surface area (Å²) in [5, 5.41) is 23.9. The third-order valence-electron chi connectivity index (χ3n) is 1.86. The minimum atomic E-state index is -1.14. The van der Waals surface area contributed by atoms with Gasteiger partial charge in [0, 0.05) is 6.92 Å². The molecule has 0 amide bonds. The fraction of sp³-hybridized carbons (Fsp3) is 0.818. The molecule has 1 N–H and O–H groups in total. The topological polar surface area (TPSA) is 124 Å². The first kappa shape index (κ1) is 18.7. The number of carboxylic acids is 1. The lowest BCUT2D eigenvalue weighted by atomic mass is 10.2. The third kappa shape index (κ3) is 10.2. The highest BCUT2D eigenvalue weighted by Crippen LogP contribution is 2.09. The molecule has 0 spiro atoms. The normalized spacial score (nSPS) is 13.3. The fourth-order valence-electron chi connectivity index (χ4n) is 0.943. The Kier molecular flexibility index (Phi) is 7.25. The standard InChI is InChI=1S/C11H21N3O7/c1-8(19-10(17)20-11(2,3)4)21-12-14(18)13(5)7-6-9(15)16/h8H,6-7H2,1-5H3,(H,15,16). The van der Waals surface area contributed by atoms with E-state index in [0.29, 0.717) is 0 Å². The van der Waals surface area contributed by atoms with Gasteiger partial charge in [-0.05, 0) is 20.8 Å². The average Bonchev–Trinajstić information content (AvgIpc) is 2.30. The van der Waals surface area contributed by atoms with Gasteiger partial charge in [-0.15, -0.1) is 5.01 Å². The van der Waals surface area contributed by atoms with Gasteiger partial charge in [-0.25, -0.2) is 4.79 Å². The Bertz CT molecular complexity index is 392. The van der Waals surface area contributed by atoms with E-state index in [1.807, 2.05) is 0 Å². The molecule has 21 heavy (non-hydrogen) atoms. The second-order valence-electron chi connectivity index (χ2n) is 5.11. The van der Waals surface area contributed by atoms with Gasteiger partial charge in [0.05, 0.1) is 25.0 Å².